The number of amides is 2. The summed E-state index contributed by atoms with van der Waals surface area (Å²) in [5.41, 5.74) is 0.421. The van der Waals surface area contributed by atoms with Crippen molar-refractivity contribution in [3.8, 4) is 0 Å². The first kappa shape index (κ1) is 14.5. The number of nitrogens with one attached hydrogen (secondary N) is 1. The minimum Gasteiger partial charge on any atom is -0.342 e. The molecule has 4 nitrogen and oxygen atoms in total. The van der Waals surface area contributed by atoms with Crippen LogP contribution in [0.1, 0.15) is 26.3 Å². The molecule has 1 heterocycles. The maximum absolute atomic E-state index is 13.7. The summed E-state index contributed by atoms with van der Waals surface area (Å²) in [4.78, 5) is 25.8. The molecule has 0 spiro atoms. The van der Waals surface area contributed by atoms with Crippen LogP contribution in [0.2, 0.25) is 0 Å². The Kier molecular flexibility index (Phi) is 4.06. The SMILES string of the molecule is CC(C)C1NC(=O)C(C)N(Cc2ccccc2F)C1=O. The van der Waals surface area contributed by atoms with Crippen molar-refractivity contribution in [3.05, 3.63) is 35.6 Å². The van der Waals surface area contributed by atoms with Gasteiger partial charge in [0.15, 0.2) is 0 Å². The fourth-order valence-corrected chi connectivity index (χ4v) is 2.32. The van der Waals surface area contributed by atoms with Crippen molar-refractivity contribution in [1.29, 1.82) is 0 Å². The van der Waals surface area contributed by atoms with Crippen molar-refractivity contribution >= 4 is 11.8 Å². The average Bonchev–Trinajstić information content (AvgIpc) is 2.40. The van der Waals surface area contributed by atoms with E-state index in [1.165, 1.54) is 11.0 Å². The predicted molar refractivity (Wildman–Crippen MR) is 73.2 cm³/mol. The topological polar surface area (TPSA) is 49.4 Å². The van der Waals surface area contributed by atoms with Crippen molar-refractivity contribution < 1.29 is 14.0 Å². The zero-order chi connectivity index (χ0) is 14.9. The number of nitrogens with zero attached hydrogens (tertiary/aromatic N) is 1. The number of benzene rings is 1. The van der Waals surface area contributed by atoms with Gasteiger partial charge in [-0.05, 0) is 18.9 Å². The summed E-state index contributed by atoms with van der Waals surface area (Å²) in [7, 11) is 0. The molecule has 1 saturated heterocycles. The molecule has 0 aliphatic carbocycles. The van der Waals surface area contributed by atoms with Crippen molar-refractivity contribution in [2.45, 2.75) is 39.4 Å². The summed E-state index contributed by atoms with van der Waals surface area (Å²) < 4.78 is 13.7. The fourth-order valence-electron chi connectivity index (χ4n) is 2.32. The average molecular weight is 278 g/mol. The van der Waals surface area contributed by atoms with Gasteiger partial charge in [-0.15, -0.1) is 0 Å². The van der Waals surface area contributed by atoms with E-state index in [-0.39, 0.29) is 30.1 Å². The summed E-state index contributed by atoms with van der Waals surface area (Å²) in [6.07, 6.45) is 0. The quantitative estimate of drug-likeness (QED) is 0.915. The number of carbonyl (C=O) groups excluding carboxylic acids is 2. The second-order valence-electron chi connectivity index (χ2n) is 5.46. The second kappa shape index (κ2) is 5.61. The molecule has 108 valence electrons. The molecule has 2 rings (SSSR count). The molecule has 1 aromatic carbocycles. The maximum Gasteiger partial charge on any atom is 0.246 e. The van der Waals surface area contributed by atoms with Crippen LogP contribution in [0, 0.1) is 11.7 Å². The van der Waals surface area contributed by atoms with Gasteiger partial charge in [-0.1, -0.05) is 32.0 Å². The zero-order valence-corrected chi connectivity index (χ0v) is 11.9. The number of rotatable bonds is 3. The van der Waals surface area contributed by atoms with Gasteiger partial charge in [0, 0.05) is 12.1 Å². The third kappa shape index (κ3) is 2.66. The Balaban J connectivity index is 2.26. The molecule has 1 aliphatic heterocycles. The fraction of sp³-hybridized carbons (Fsp3) is 0.467. The lowest BCUT2D eigenvalue weighted by Crippen LogP contribution is -2.63. The van der Waals surface area contributed by atoms with Crippen LogP contribution < -0.4 is 5.32 Å². The molecule has 1 aliphatic rings. The Hall–Kier alpha value is -1.91. The van der Waals surface area contributed by atoms with Crippen LogP contribution in [-0.4, -0.2) is 28.8 Å². The van der Waals surface area contributed by atoms with Crippen LogP contribution in [0.15, 0.2) is 24.3 Å². The molecular weight excluding hydrogens is 259 g/mol. The van der Waals surface area contributed by atoms with Gasteiger partial charge in [0.2, 0.25) is 11.8 Å². The molecule has 0 bridgehead atoms. The van der Waals surface area contributed by atoms with E-state index in [1.807, 2.05) is 13.8 Å². The predicted octanol–water partition coefficient (Wildman–Crippen LogP) is 1.70. The first-order valence-corrected chi connectivity index (χ1v) is 6.76. The van der Waals surface area contributed by atoms with E-state index in [0.29, 0.717) is 5.56 Å². The Bertz CT molecular complexity index is 530. The summed E-state index contributed by atoms with van der Waals surface area (Å²) >= 11 is 0. The molecule has 0 saturated carbocycles. The number of carbonyl (C=O) groups is 2. The maximum atomic E-state index is 13.7. The van der Waals surface area contributed by atoms with Crippen molar-refractivity contribution in [2.24, 2.45) is 5.92 Å². The normalized spacial score (nSPS) is 23.1. The van der Waals surface area contributed by atoms with Gasteiger partial charge in [0.25, 0.3) is 0 Å². The van der Waals surface area contributed by atoms with Crippen molar-refractivity contribution in [1.82, 2.24) is 10.2 Å². The van der Waals surface area contributed by atoms with E-state index in [9.17, 15) is 14.0 Å². The summed E-state index contributed by atoms with van der Waals surface area (Å²) in [5, 5.41) is 2.72. The van der Waals surface area contributed by atoms with E-state index < -0.39 is 12.1 Å². The monoisotopic (exact) mass is 278 g/mol. The standard InChI is InChI=1S/C15H19FN2O2/c1-9(2)13-15(20)18(10(3)14(19)17-13)8-11-6-4-5-7-12(11)16/h4-7,9-10,13H,8H2,1-3H3,(H,17,19). The molecule has 0 radical (unpaired) electrons. The molecule has 5 heteroatoms. The van der Waals surface area contributed by atoms with E-state index in [0.717, 1.165) is 0 Å². The van der Waals surface area contributed by atoms with Crippen molar-refractivity contribution in [3.63, 3.8) is 0 Å². The first-order valence-electron chi connectivity index (χ1n) is 6.76. The second-order valence-corrected chi connectivity index (χ2v) is 5.46. The van der Waals surface area contributed by atoms with Gasteiger partial charge >= 0.3 is 0 Å². The van der Waals surface area contributed by atoms with Gasteiger partial charge in [0.1, 0.15) is 17.9 Å². The number of hydrogen-bond donors (Lipinski definition) is 1. The molecule has 1 N–H and O–H groups in total. The summed E-state index contributed by atoms with van der Waals surface area (Å²) in [6, 6.07) is 5.18. The molecule has 2 amide bonds. The Morgan fingerprint density at radius 2 is 1.95 bits per heavy atom. The Morgan fingerprint density at radius 1 is 1.30 bits per heavy atom. The van der Waals surface area contributed by atoms with Gasteiger partial charge in [-0.3, -0.25) is 9.59 Å². The Labute approximate surface area is 118 Å². The lowest BCUT2D eigenvalue weighted by atomic mass is 9.98. The van der Waals surface area contributed by atoms with Crippen LogP contribution in [0.25, 0.3) is 0 Å². The van der Waals surface area contributed by atoms with Crippen LogP contribution in [0.3, 0.4) is 0 Å². The molecule has 1 fully saturated rings. The lowest BCUT2D eigenvalue weighted by Gasteiger charge is -2.38. The van der Waals surface area contributed by atoms with Gasteiger partial charge in [0.05, 0.1) is 0 Å². The van der Waals surface area contributed by atoms with E-state index in [1.54, 1.807) is 25.1 Å². The summed E-state index contributed by atoms with van der Waals surface area (Å²) in [6.45, 7) is 5.52. The highest BCUT2D eigenvalue weighted by Gasteiger charge is 2.39. The van der Waals surface area contributed by atoms with Gasteiger partial charge in [-0.2, -0.15) is 0 Å². The number of halogens is 1. The molecule has 20 heavy (non-hydrogen) atoms. The van der Waals surface area contributed by atoms with Crippen LogP contribution in [0.4, 0.5) is 4.39 Å². The lowest BCUT2D eigenvalue weighted by molar-refractivity contribution is -0.150. The molecule has 0 aromatic heterocycles. The molecule has 1 aromatic rings. The van der Waals surface area contributed by atoms with E-state index in [4.69, 9.17) is 0 Å². The highest BCUT2D eigenvalue weighted by molar-refractivity contribution is 5.96. The van der Waals surface area contributed by atoms with Crippen LogP contribution in [-0.2, 0) is 16.1 Å². The molecular formula is C15H19FN2O2. The zero-order valence-electron chi connectivity index (χ0n) is 11.9. The smallest absolute Gasteiger partial charge is 0.246 e. The Morgan fingerprint density at radius 3 is 2.55 bits per heavy atom. The highest BCUT2D eigenvalue weighted by Crippen LogP contribution is 2.19. The largest absolute Gasteiger partial charge is 0.342 e. The minimum absolute atomic E-state index is 0.00192. The highest BCUT2D eigenvalue weighted by atomic mass is 19.1. The first-order chi connectivity index (χ1) is 9.41. The summed E-state index contributed by atoms with van der Waals surface area (Å²) in [5.74, 6) is -0.711. The number of hydrogen-bond acceptors (Lipinski definition) is 2. The number of piperazine rings is 1. The van der Waals surface area contributed by atoms with Crippen molar-refractivity contribution in [2.75, 3.05) is 0 Å². The van der Waals surface area contributed by atoms with Crippen LogP contribution >= 0.6 is 0 Å². The molecule has 2 atom stereocenters. The van der Waals surface area contributed by atoms with E-state index >= 15 is 0 Å². The van der Waals surface area contributed by atoms with Gasteiger partial charge < -0.3 is 10.2 Å². The minimum atomic E-state index is -0.586. The third-order valence-electron chi connectivity index (χ3n) is 3.66. The van der Waals surface area contributed by atoms with Crippen LogP contribution in [0.5, 0.6) is 0 Å². The third-order valence-corrected chi connectivity index (χ3v) is 3.66. The molecule has 2 unspecified atom stereocenters. The van der Waals surface area contributed by atoms with E-state index in [2.05, 4.69) is 5.32 Å². The van der Waals surface area contributed by atoms with Gasteiger partial charge in [-0.25, -0.2) is 4.39 Å².